The molecule has 1 heterocycles. The van der Waals surface area contributed by atoms with E-state index in [0.29, 0.717) is 11.7 Å². The number of hydrogen-bond acceptors (Lipinski definition) is 4. The summed E-state index contributed by atoms with van der Waals surface area (Å²) in [5, 5.41) is 12.4. The highest BCUT2D eigenvalue weighted by molar-refractivity contribution is 5.89. The fourth-order valence-corrected chi connectivity index (χ4v) is 2.67. The molecule has 1 aliphatic heterocycles. The van der Waals surface area contributed by atoms with Crippen molar-refractivity contribution in [3.05, 3.63) is 23.8 Å². The van der Waals surface area contributed by atoms with Gasteiger partial charge in [0.25, 0.3) is 0 Å². The first-order valence-electron chi connectivity index (χ1n) is 6.94. The zero-order valence-corrected chi connectivity index (χ0v) is 12.1. The second-order valence-electron chi connectivity index (χ2n) is 5.37. The standard InChI is InChI=1S/C15H22N2O3/c1-17-7-3-4-11(10-17)9-16-13-8-12(15(18)19)5-6-14(13)20-2/h5-6,8,11,16H,3-4,7,9-10H2,1-2H3,(H,18,19). The van der Waals surface area contributed by atoms with Crippen LogP contribution in [0, 0.1) is 5.92 Å². The van der Waals surface area contributed by atoms with Crippen molar-refractivity contribution in [3.8, 4) is 5.75 Å². The third kappa shape index (κ3) is 3.63. The number of aromatic carboxylic acids is 1. The molecule has 110 valence electrons. The van der Waals surface area contributed by atoms with Gasteiger partial charge in [-0.05, 0) is 50.6 Å². The number of anilines is 1. The van der Waals surface area contributed by atoms with Crippen molar-refractivity contribution in [3.63, 3.8) is 0 Å². The number of nitrogens with one attached hydrogen (secondary N) is 1. The van der Waals surface area contributed by atoms with Gasteiger partial charge < -0.3 is 20.1 Å². The van der Waals surface area contributed by atoms with E-state index < -0.39 is 5.97 Å². The number of carboxylic acids is 1. The van der Waals surface area contributed by atoms with Crippen molar-refractivity contribution in [2.75, 3.05) is 39.1 Å². The fourth-order valence-electron chi connectivity index (χ4n) is 2.67. The predicted molar refractivity (Wildman–Crippen MR) is 78.7 cm³/mol. The molecule has 1 saturated heterocycles. The van der Waals surface area contributed by atoms with Crippen molar-refractivity contribution < 1.29 is 14.6 Å². The molecule has 0 saturated carbocycles. The molecule has 1 atom stereocenters. The van der Waals surface area contributed by atoms with Gasteiger partial charge in [0.2, 0.25) is 0 Å². The van der Waals surface area contributed by atoms with Crippen LogP contribution < -0.4 is 10.1 Å². The van der Waals surface area contributed by atoms with Gasteiger partial charge in [-0.1, -0.05) is 0 Å². The van der Waals surface area contributed by atoms with Crippen LogP contribution in [0.25, 0.3) is 0 Å². The summed E-state index contributed by atoms with van der Waals surface area (Å²) in [6.07, 6.45) is 2.42. The average Bonchev–Trinajstić information content (AvgIpc) is 2.44. The Kier molecular flexibility index (Phi) is 4.84. The lowest BCUT2D eigenvalue weighted by molar-refractivity contribution is 0.0697. The van der Waals surface area contributed by atoms with Gasteiger partial charge in [-0.25, -0.2) is 4.79 Å². The lowest BCUT2D eigenvalue weighted by Crippen LogP contribution is -2.35. The molecule has 0 bridgehead atoms. The average molecular weight is 278 g/mol. The SMILES string of the molecule is COc1ccc(C(=O)O)cc1NCC1CCCN(C)C1. The number of hydrogen-bond donors (Lipinski definition) is 2. The summed E-state index contributed by atoms with van der Waals surface area (Å²) < 4.78 is 5.28. The number of likely N-dealkylation sites (tertiary alicyclic amines) is 1. The molecule has 1 unspecified atom stereocenters. The van der Waals surface area contributed by atoms with E-state index in [9.17, 15) is 4.79 Å². The number of carbonyl (C=O) groups is 1. The van der Waals surface area contributed by atoms with Crippen LogP contribution in [-0.2, 0) is 0 Å². The summed E-state index contributed by atoms with van der Waals surface area (Å²) in [5.41, 5.74) is 1.02. The molecule has 20 heavy (non-hydrogen) atoms. The molecule has 5 heteroatoms. The number of rotatable bonds is 5. The predicted octanol–water partition coefficient (Wildman–Crippen LogP) is 2.15. The van der Waals surface area contributed by atoms with E-state index in [1.165, 1.54) is 12.8 Å². The minimum atomic E-state index is -0.923. The Labute approximate surface area is 119 Å². The summed E-state index contributed by atoms with van der Waals surface area (Å²) >= 11 is 0. The van der Waals surface area contributed by atoms with Gasteiger partial charge in [-0.3, -0.25) is 0 Å². The molecule has 1 aromatic rings. The lowest BCUT2D eigenvalue weighted by atomic mass is 9.98. The van der Waals surface area contributed by atoms with E-state index in [0.717, 1.165) is 25.3 Å². The molecule has 0 amide bonds. The maximum atomic E-state index is 11.0. The lowest BCUT2D eigenvalue weighted by Gasteiger charge is -2.30. The zero-order chi connectivity index (χ0) is 14.5. The van der Waals surface area contributed by atoms with Crippen LogP contribution in [0.15, 0.2) is 18.2 Å². The Hall–Kier alpha value is -1.75. The Balaban J connectivity index is 2.03. The van der Waals surface area contributed by atoms with Crippen LogP contribution in [0.4, 0.5) is 5.69 Å². The van der Waals surface area contributed by atoms with Crippen molar-refractivity contribution in [2.24, 2.45) is 5.92 Å². The zero-order valence-electron chi connectivity index (χ0n) is 12.1. The molecular formula is C15H22N2O3. The number of piperidine rings is 1. The first-order chi connectivity index (χ1) is 9.60. The van der Waals surface area contributed by atoms with Crippen LogP contribution in [0.1, 0.15) is 23.2 Å². The van der Waals surface area contributed by atoms with Crippen molar-refractivity contribution >= 4 is 11.7 Å². The summed E-state index contributed by atoms with van der Waals surface area (Å²) in [6.45, 7) is 3.08. The Morgan fingerprint density at radius 1 is 1.55 bits per heavy atom. The number of nitrogens with zero attached hydrogens (tertiary/aromatic N) is 1. The maximum Gasteiger partial charge on any atom is 0.335 e. The molecule has 2 N–H and O–H groups in total. The van der Waals surface area contributed by atoms with Crippen molar-refractivity contribution in [2.45, 2.75) is 12.8 Å². The van der Waals surface area contributed by atoms with Gasteiger partial charge in [-0.15, -0.1) is 0 Å². The van der Waals surface area contributed by atoms with Crippen molar-refractivity contribution in [1.82, 2.24) is 4.90 Å². The third-order valence-electron chi connectivity index (χ3n) is 3.75. The summed E-state index contributed by atoms with van der Waals surface area (Å²) in [5.74, 6) is 0.346. The molecule has 0 aliphatic carbocycles. The van der Waals surface area contributed by atoms with E-state index in [4.69, 9.17) is 9.84 Å². The van der Waals surface area contributed by atoms with Crippen LogP contribution in [0.3, 0.4) is 0 Å². The second-order valence-corrected chi connectivity index (χ2v) is 5.37. The second kappa shape index (κ2) is 6.61. The largest absolute Gasteiger partial charge is 0.495 e. The van der Waals surface area contributed by atoms with E-state index in [2.05, 4.69) is 17.3 Å². The van der Waals surface area contributed by atoms with E-state index >= 15 is 0 Å². The molecular weight excluding hydrogens is 256 g/mol. The molecule has 2 rings (SSSR count). The number of ether oxygens (including phenoxy) is 1. The smallest absolute Gasteiger partial charge is 0.335 e. The minimum absolute atomic E-state index is 0.272. The van der Waals surface area contributed by atoms with Gasteiger partial charge in [0.05, 0.1) is 18.4 Å². The Morgan fingerprint density at radius 3 is 3.00 bits per heavy atom. The topological polar surface area (TPSA) is 61.8 Å². The molecule has 0 spiro atoms. The van der Waals surface area contributed by atoms with Crippen LogP contribution in [0.2, 0.25) is 0 Å². The fraction of sp³-hybridized carbons (Fsp3) is 0.533. The molecule has 1 fully saturated rings. The molecule has 1 aliphatic rings. The molecule has 0 aromatic heterocycles. The van der Waals surface area contributed by atoms with Gasteiger partial charge in [0.15, 0.2) is 0 Å². The first kappa shape index (κ1) is 14.7. The van der Waals surface area contributed by atoms with Crippen molar-refractivity contribution in [1.29, 1.82) is 0 Å². The summed E-state index contributed by atoms with van der Waals surface area (Å²) in [4.78, 5) is 13.4. The molecule has 5 nitrogen and oxygen atoms in total. The maximum absolute atomic E-state index is 11.0. The minimum Gasteiger partial charge on any atom is -0.495 e. The Morgan fingerprint density at radius 2 is 2.35 bits per heavy atom. The number of benzene rings is 1. The van der Waals surface area contributed by atoms with Gasteiger partial charge in [0, 0.05) is 13.1 Å². The monoisotopic (exact) mass is 278 g/mol. The highest BCUT2D eigenvalue weighted by Gasteiger charge is 2.17. The van der Waals surface area contributed by atoms with E-state index in [-0.39, 0.29) is 5.56 Å². The molecule has 0 radical (unpaired) electrons. The highest BCUT2D eigenvalue weighted by atomic mass is 16.5. The normalized spacial score (nSPS) is 19.6. The third-order valence-corrected chi connectivity index (χ3v) is 3.75. The van der Waals surface area contributed by atoms with E-state index in [1.54, 1.807) is 25.3 Å². The molecule has 1 aromatic carbocycles. The summed E-state index contributed by atoms with van der Waals surface area (Å²) in [7, 11) is 3.73. The highest BCUT2D eigenvalue weighted by Crippen LogP contribution is 2.26. The summed E-state index contributed by atoms with van der Waals surface area (Å²) in [6, 6.07) is 4.88. The van der Waals surface area contributed by atoms with Gasteiger partial charge in [-0.2, -0.15) is 0 Å². The number of carboxylic acid groups (broad SMARTS) is 1. The van der Waals surface area contributed by atoms with Crippen LogP contribution in [0.5, 0.6) is 5.75 Å². The van der Waals surface area contributed by atoms with Gasteiger partial charge in [0.1, 0.15) is 5.75 Å². The first-order valence-corrected chi connectivity index (χ1v) is 6.94. The number of methoxy groups -OCH3 is 1. The van der Waals surface area contributed by atoms with E-state index in [1.807, 2.05) is 0 Å². The Bertz CT molecular complexity index is 476. The van der Waals surface area contributed by atoms with Crippen LogP contribution >= 0.6 is 0 Å². The quantitative estimate of drug-likeness (QED) is 0.864. The van der Waals surface area contributed by atoms with Crippen LogP contribution in [-0.4, -0.2) is 49.8 Å². The van der Waals surface area contributed by atoms with Gasteiger partial charge >= 0.3 is 5.97 Å².